The second kappa shape index (κ2) is 49.4. The van der Waals surface area contributed by atoms with Crippen LogP contribution in [0.2, 0.25) is 0 Å². The minimum absolute atomic E-state index is 0.0961. The van der Waals surface area contributed by atoms with Crippen LogP contribution >= 0.6 is 23.2 Å². The zero-order chi connectivity index (χ0) is 107. The number of nitrogen functional groups attached to an aromatic ring is 4. The predicted molar refractivity (Wildman–Crippen MR) is 525 cm³/mol. The van der Waals surface area contributed by atoms with E-state index in [0.717, 1.165) is 38.5 Å². The van der Waals surface area contributed by atoms with Crippen molar-refractivity contribution in [2.45, 2.75) is 215 Å². The summed E-state index contributed by atoms with van der Waals surface area (Å²) in [6.07, 6.45) is -7.47. The van der Waals surface area contributed by atoms with Gasteiger partial charge in [-0.1, -0.05) is 135 Å². The second-order valence-corrected chi connectivity index (χ2v) is 40.2. The van der Waals surface area contributed by atoms with Crippen LogP contribution in [0.5, 0.6) is 17.2 Å². The number of esters is 3. The Bertz CT molecular complexity index is 6120. The number of rotatable bonds is 41. The van der Waals surface area contributed by atoms with Gasteiger partial charge >= 0.3 is 41.1 Å². The minimum atomic E-state index is -4.32. The van der Waals surface area contributed by atoms with Gasteiger partial charge in [-0.25, -0.2) is 36.7 Å². The van der Waals surface area contributed by atoms with Gasteiger partial charge in [0.05, 0.1) is 103 Å². The van der Waals surface area contributed by atoms with Crippen molar-refractivity contribution in [1.29, 1.82) is 21.0 Å². The number of aliphatic hydroxyl groups is 9. The van der Waals surface area contributed by atoms with Gasteiger partial charge in [0.1, 0.15) is 145 Å². The highest BCUT2D eigenvalue weighted by atomic mass is 31.2. The van der Waals surface area contributed by atoms with Crippen LogP contribution in [0.4, 0.5) is 22.9 Å². The van der Waals surface area contributed by atoms with Crippen LogP contribution < -0.4 is 51.8 Å². The van der Waals surface area contributed by atoms with Crippen molar-refractivity contribution in [3.8, 4) is 41.5 Å². The van der Waals surface area contributed by atoms with Crippen molar-refractivity contribution in [3.63, 3.8) is 0 Å². The molecule has 0 saturated carbocycles. The van der Waals surface area contributed by atoms with E-state index in [1.165, 1.54) is 81.9 Å². The Morgan fingerprint density at radius 2 is 0.639 bits per heavy atom. The monoisotopic (exact) mass is 2090 g/mol. The van der Waals surface area contributed by atoms with Crippen LogP contribution in [0.3, 0.4) is 0 Å². The molecule has 4 saturated heterocycles. The first-order valence-corrected chi connectivity index (χ1v) is 51.9. The molecule has 22 atom stereocenters. The van der Waals surface area contributed by atoms with Crippen molar-refractivity contribution < 1.29 is 134 Å². The number of aliphatic hydroxyl groups excluding tert-OH is 9. The van der Waals surface area contributed by atoms with Gasteiger partial charge in [0, 0.05) is 18.6 Å². The lowest BCUT2D eigenvalue weighted by atomic mass is 9.92. The second-order valence-electron chi connectivity index (χ2n) is 35.1. The average Bonchev–Trinajstić information content (AvgIpc) is 1.60. The number of nitrogens with one attached hydrogen (secondary N) is 3. The molecule has 0 aliphatic carbocycles. The fourth-order valence-electron chi connectivity index (χ4n) is 16.5. The zero-order valence-corrected chi connectivity index (χ0v) is 84.3. The molecule has 48 nitrogen and oxygen atoms in total. The summed E-state index contributed by atoms with van der Waals surface area (Å²) < 4.78 is 120. The Morgan fingerprint density at radius 1 is 0.388 bits per heavy atom. The highest BCUT2D eigenvalue weighted by Crippen LogP contribution is 2.52. The van der Waals surface area contributed by atoms with E-state index < -0.39 is 181 Å². The largest absolute Gasteiger partial charge is 0.464 e. The molecule has 788 valence electrons. The molecule has 12 heterocycles. The van der Waals surface area contributed by atoms with Crippen molar-refractivity contribution >= 4 is 86.1 Å². The lowest BCUT2D eigenvalue weighted by Crippen LogP contribution is -2.41. The molecular formula is C96H121N20O28P3. The lowest BCUT2D eigenvalue weighted by molar-refractivity contribution is -0.147. The van der Waals surface area contributed by atoms with E-state index >= 15 is 0 Å². The van der Waals surface area contributed by atoms with E-state index in [1.807, 2.05) is 65.8 Å². The minimum Gasteiger partial charge on any atom is -0.464 e. The zero-order valence-electron chi connectivity index (χ0n) is 81.7. The predicted octanol–water partition coefficient (Wildman–Crippen LogP) is 6.89. The number of benzene rings is 3. The summed E-state index contributed by atoms with van der Waals surface area (Å²) in [5.41, 5.74) is 19.4. The third-order valence-electron chi connectivity index (χ3n) is 25.5. The molecule has 8 aromatic heterocycles. The maximum atomic E-state index is 13.9. The van der Waals surface area contributed by atoms with Crippen molar-refractivity contribution in [2.75, 3.05) is 69.2 Å². The summed E-state index contributed by atoms with van der Waals surface area (Å²) in [7, 11) is -12.9. The molecule has 51 heteroatoms. The summed E-state index contributed by atoms with van der Waals surface area (Å²) in [5, 5.41) is 159. The Hall–Kier alpha value is -12.8. The highest BCUT2D eigenvalue weighted by molar-refractivity contribution is 7.52. The van der Waals surface area contributed by atoms with E-state index in [2.05, 4.69) is 40.6 Å². The van der Waals surface area contributed by atoms with Gasteiger partial charge in [-0.2, -0.15) is 56.7 Å². The number of hydrogen-bond acceptors (Lipinski definition) is 41. The maximum absolute atomic E-state index is 13.9. The number of nitrogens with zero attached hydrogens (tertiary/aromatic N) is 13. The first kappa shape index (κ1) is 113. The van der Waals surface area contributed by atoms with Gasteiger partial charge in [0.25, 0.3) is 0 Å². The van der Waals surface area contributed by atoms with Crippen LogP contribution in [0.1, 0.15) is 124 Å². The van der Waals surface area contributed by atoms with E-state index in [4.69, 9.17) is 83.2 Å². The standard InChI is InChI=1S/2C28H36N5O8P.C27H35N6O8P.C13H14N4O4/c2*1-4-19(5-2)15-38-27(36)18(3)32-42(37,41-20-9-7-6-8-10-20)39-16-23-25(34)26(35)28(17-29,40-23)24-12-11-22-21(30)13-14-31-33(22)24;1-4-18(5-2)13-38-26(36)17(3)32-42(37,41-19-9-7-6-8-10-19)39-14-21-23(34)24(35)27(15-28,40-21)22-12-11-20-25(29)30-16-31-33(20)22;14-6-13(12(20)11(19)9(5-18)21-13)10-2-1-8-7(15)3-4-16-17(8)10/h2*6-14,18-19,23,25-26,34-35H,4-5,15-16,30H2,1-3H3,(H,32,37);6-12,16-18,21,23-24,34-35H,4-5,13-14H2,1-3H3,(H,32,37)(H2,29,30,31);1-4,9,11-12,18-20H,5,15H2/t18-,23+,25+,26+,28-,42?;18-,23+,25+,26+,28-,42+;17-,21+,23+,24+,27-,42-;9-,11-,12-,13+/m0001/s1. The summed E-state index contributed by atoms with van der Waals surface area (Å²) in [6, 6.07) is 46.2. The summed E-state index contributed by atoms with van der Waals surface area (Å²) in [6.45, 7) is 14.8. The van der Waals surface area contributed by atoms with E-state index in [-0.39, 0.29) is 83.4 Å². The van der Waals surface area contributed by atoms with Gasteiger partial charge in [0.15, 0.2) is 5.82 Å². The molecule has 0 bridgehead atoms. The van der Waals surface area contributed by atoms with Crippen molar-refractivity contribution in [1.82, 2.24) is 58.7 Å². The number of nitriles is 4. The van der Waals surface area contributed by atoms with E-state index in [9.17, 15) is 95.1 Å². The average molecular weight is 2100 g/mol. The van der Waals surface area contributed by atoms with E-state index in [0.29, 0.717) is 39.1 Å². The number of para-hydroxylation sites is 3. The van der Waals surface area contributed by atoms with Gasteiger partial charge < -0.3 is 116 Å². The first-order valence-electron chi connectivity index (χ1n) is 47.3. The molecular weight excluding hydrogens is 1970 g/mol. The van der Waals surface area contributed by atoms with Crippen LogP contribution in [0, 0.1) is 63.1 Å². The SMILES string of the molecule is CCC(CC)COC(=O)[C@H](C)NP(=O)(OC[C@H]1O[C@@](C#N)(c2ccc3c(N)ccnn23)[C@H](O)[C@@H]1O)Oc1ccccc1.CCC(CC)COC(=O)[C@H](C)N[P@@](=O)(OC[C@H]1O[C@@](C#N)(c2ccc3c(N)ccnn23)[C@H](O)[C@@H]1O)Oc1ccccc1.CCC(CC)COC(=O)[C@H](C)N[P@](=O)(OC[C@H]1O[C@@](C#N)(c2ccc3c(N)ncnn23)[C@H](O)[C@@H]1O)Oc1ccccc1.N#C[C@@]1(c2ccc3c(N)ccnn23)O[C@H](CO)[C@@H](O)[C@H]1O. The quantitative estimate of drug-likeness (QED) is 0.0105. The van der Waals surface area contributed by atoms with Gasteiger partial charge in [-0.05, 0) is 142 Å². The summed E-state index contributed by atoms with van der Waals surface area (Å²) in [4.78, 5) is 42.0. The Morgan fingerprint density at radius 3 is 0.891 bits per heavy atom. The van der Waals surface area contributed by atoms with E-state index in [1.54, 1.807) is 140 Å². The molecule has 3 aromatic carbocycles. The molecule has 1 unspecified atom stereocenters. The number of fused-ring (bicyclic) bond motifs is 4. The molecule has 0 spiro atoms. The van der Waals surface area contributed by atoms with Gasteiger partial charge in [-0.15, -0.1) is 0 Å². The molecule has 147 heavy (non-hydrogen) atoms. The molecule has 0 amide bonds. The lowest BCUT2D eigenvalue weighted by Gasteiger charge is -2.25. The van der Waals surface area contributed by atoms with Crippen LogP contribution in [0.15, 0.2) is 183 Å². The topological polar surface area (TPSA) is 722 Å². The van der Waals surface area contributed by atoms with Crippen molar-refractivity contribution in [3.05, 3.63) is 205 Å². The van der Waals surface area contributed by atoms with Gasteiger partial charge in [0.2, 0.25) is 22.4 Å². The molecule has 4 aliphatic heterocycles. The normalized spacial score (nSPS) is 25.4. The number of nitrogens with two attached hydrogens (primary N) is 4. The molecule has 11 aromatic rings. The third kappa shape index (κ3) is 24.8. The van der Waals surface area contributed by atoms with Crippen LogP contribution in [-0.2, 0) is 97.2 Å². The molecule has 20 N–H and O–H groups in total. The summed E-state index contributed by atoms with van der Waals surface area (Å²) >= 11 is 0. The molecule has 4 fully saturated rings. The maximum Gasteiger partial charge on any atom is 0.459 e. The first-order chi connectivity index (χ1) is 70.3. The smallest absolute Gasteiger partial charge is 0.459 e. The van der Waals surface area contributed by atoms with Crippen LogP contribution in [0.25, 0.3) is 22.1 Å². The fraction of sp³-hybridized carbons (Fsp3) is 0.458. The Kier molecular flexibility index (Phi) is 38.0. The van der Waals surface area contributed by atoms with Crippen molar-refractivity contribution in [2.24, 2.45) is 17.8 Å². The van der Waals surface area contributed by atoms with Crippen LogP contribution in [-0.4, -0.2) is 245 Å². The molecule has 0 radical (unpaired) electrons. The number of aromatic nitrogens is 9. The Balaban J connectivity index is 0.000000178. The van der Waals surface area contributed by atoms with Gasteiger partial charge in [-0.3, -0.25) is 28.0 Å². The number of ether oxygens (including phenoxy) is 7. The number of carbonyl (C=O) groups is 3. The Labute approximate surface area is 844 Å². The number of anilines is 4. The molecule has 4 aliphatic rings. The fourth-order valence-corrected chi connectivity index (χ4v) is 21.0. The summed E-state index contributed by atoms with van der Waals surface area (Å²) in [5.74, 6) is -0.670. The molecule has 15 rings (SSSR count). The number of carbonyl (C=O) groups excluding carboxylic acids is 3. The highest BCUT2D eigenvalue weighted by Gasteiger charge is 2.62. The third-order valence-corrected chi connectivity index (χ3v) is 30.5. The number of hydrogen-bond donors (Lipinski definition) is 16.